The highest BCUT2D eigenvalue weighted by molar-refractivity contribution is 5.66. The molecule has 0 unspecified atom stereocenters. The van der Waals surface area contributed by atoms with Crippen molar-refractivity contribution in [1.82, 2.24) is 9.97 Å². The fraction of sp³-hybridized carbons (Fsp3) is 0.381. The molecule has 0 aliphatic carbocycles. The van der Waals surface area contributed by atoms with Crippen molar-refractivity contribution in [3.8, 4) is 17.6 Å². The van der Waals surface area contributed by atoms with Crippen LogP contribution in [0.15, 0.2) is 30.6 Å². The summed E-state index contributed by atoms with van der Waals surface area (Å²) >= 11 is 0. The highest BCUT2D eigenvalue weighted by Gasteiger charge is 2.38. The topological polar surface area (TPSA) is 75.1 Å². The average Bonchev–Trinajstić information content (AvgIpc) is 2.52. The number of aromatic nitrogens is 2. The van der Waals surface area contributed by atoms with Crippen molar-refractivity contribution >= 4 is 5.97 Å². The number of aliphatic carboxylic acids is 1. The molecule has 0 saturated heterocycles. The van der Waals surface area contributed by atoms with Gasteiger partial charge in [-0.3, -0.25) is 0 Å². The molecule has 2 aromatic rings. The van der Waals surface area contributed by atoms with Gasteiger partial charge < -0.3 is 14.6 Å². The van der Waals surface area contributed by atoms with Crippen molar-refractivity contribution in [2.75, 3.05) is 0 Å². The highest BCUT2D eigenvalue weighted by atomic mass is 16.5. The van der Waals surface area contributed by atoms with E-state index in [1.54, 1.807) is 0 Å². The molecule has 0 amide bonds. The van der Waals surface area contributed by atoms with E-state index in [1.807, 2.05) is 12.1 Å². The summed E-state index contributed by atoms with van der Waals surface area (Å²) in [6, 6.07) is 5.99. The van der Waals surface area contributed by atoms with Gasteiger partial charge in [0, 0.05) is 35.9 Å². The number of rotatable bonds is 2. The fourth-order valence-corrected chi connectivity index (χ4v) is 3.50. The van der Waals surface area contributed by atoms with Gasteiger partial charge >= 0.3 is 0 Å². The first-order valence-electron chi connectivity index (χ1n) is 8.51. The lowest BCUT2D eigenvalue weighted by Gasteiger charge is -2.42. The number of nitrogens with zero attached hydrogens (tertiary/aromatic N) is 2. The molecule has 0 fully saturated rings. The minimum absolute atomic E-state index is 0.00437. The van der Waals surface area contributed by atoms with Crippen LogP contribution in [0.4, 0.5) is 0 Å². The Kier molecular flexibility index (Phi) is 4.45. The Morgan fingerprint density at radius 3 is 2.46 bits per heavy atom. The zero-order chi connectivity index (χ0) is 18.9. The molecular formula is C21H21N2O3-. The molecule has 0 radical (unpaired) electrons. The van der Waals surface area contributed by atoms with Gasteiger partial charge in [0.05, 0.1) is 5.56 Å². The number of carbonyl (C=O) groups is 1. The van der Waals surface area contributed by atoms with Crippen LogP contribution in [0.5, 0.6) is 5.75 Å². The number of carboxylic acids is 1. The van der Waals surface area contributed by atoms with Crippen LogP contribution < -0.4 is 9.84 Å². The summed E-state index contributed by atoms with van der Waals surface area (Å²) in [5.74, 6) is 6.05. The summed E-state index contributed by atoms with van der Waals surface area (Å²) in [4.78, 5) is 18.5. The van der Waals surface area contributed by atoms with Crippen LogP contribution in [0.25, 0.3) is 0 Å². The summed E-state index contributed by atoms with van der Waals surface area (Å²) in [6.07, 6.45) is 3.67. The van der Waals surface area contributed by atoms with Gasteiger partial charge in [0.25, 0.3) is 0 Å². The molecule has 1 aromatic carbocycles. The van der Waals surface area contributed by atoms with Crippen molar-refractivity contribution in [2.45, 2.75) is 51.6 Å². The molecule has 1 aromatic heterocycles. The van der Waals surface area contributed by atoms with Gasteiger partial charge in [0.15, 0.2) is 0 Å². The monoisotopic (exact) mass is 349 g/mol. The summed E-state index contributed by atoms with van der Waals surface area (Å²) in [7, 11) is 0. The van der Waals surface area contributed by atoms with Crippen molar-refractivity contribution in [3.05, 3.63) is 53.1 Å². The normalized spacial score (nSPS) is 16.6. The van der Waals surface area contributed by atoms with Crippen molar-refractivity contribution in [3.63, 3.8) is 0 Å². The van der Waals surface area contributed by atoms with Crippen LogP contribution in [0.1, 0.15) is 56.6 Å². The van der Waals surface area contributed by atoms with Gasteiger partial charge in [-0.05, 0) is 43.9 Å². The third-order valence-corrected chi connectivity index (χ3v) is 4.32. The molecule has 0 spiro atoms. The first-order valence-corrected chi connectivity index (χ1v) is 8.51. The lowest BCUT2D eigenvalue weighted by Crippen LogP contribution is -2.41. The first-order chi connectivity index (χ1) is 12.1. The van der Waals surface area contributed by atoms with Gasteiger partial charge in [0.2, 0.25) is 0 Å². The molecule has 134 valence electrons. The van der Waals surface area contributed by atoms with Crippen LogP contribution in [0.3, 0.4) is 0 Å². The minimum atomic E-state index is -1.20. The number of carbonyl (C=O) groups excluding carboxylic acids is 1. The third kappa shape index (κ3) is 4.02. The molecule has 0 saturated carbocycles. The highest BCUT2D eigenvalue weighted by Crippen LogP contribution is 2.44. The van der Waals surface area contributed by atoms with Crippen LogP contribution in [0, 0.1) is 11.8 Å². The van der Waals surface area contributed by atoms with Crippen molar-refractivity contribution < 1.29 is 14.6 Å². The average molecular weight is 349 g/mol. The van der Waals surface area contributed by atoms with Gasteiger partial charge in [-0.2, -0.15) is 0 Å². The third-order valence-electron chi connectivity index (χ3n) is 4.32. The van der Waals surface area contributed by atoms with Crippen LogP contribution in [0.2, 0.25) is 0 Å². The Hall–Kier alpha value is -2.87. The van der Waals surface area contributed by atoms with E-state index in [9.17, 15) is 9.90 Å². The second-order valence-electron chi connectivity index (χ2n) is 7.82. The van der Waals surface area contributed by atoms with Crippen LogP contribution >= 0.6 is 0 Å². The molecule has 5 heteroatoms. The maximum atomic E-state index is 10.5. The molecule has 0 atom stereocenters. The van der Waals surface area contributed by atoms with E-state index in [4.69, 9.17) is 4.74 Å². The van der Waals surface area contributed by atoms with Crippen LogP contribution in [-0.4, -0.2) is 21.5 Å². The van der Waals surface area contributed by atoms with Gasteiger partial charge in [-0.15, -0.1) is 0 Å². The fourth-order valence-electron chi connectivity index (χ4n) is 3.50. The summed E-state index contributed by atoms with van der Waals surface area (Å²) in [5.41, 5.74) is 2.49. The summed E-state index contributed by atoms with van der Waals surface area (Å²) in [6.45, 7) is 8.65. The SMILES string of the molecule is CC1(C)CC(C)(C)c2cc(C#Cc3cnc(CC(=O)[O-])nc3)ccc2O1. The van der Waals surface area contributed by atoms with E-state index in [0.29, 0.717) is 5.56 Å². The van der Waals surface area contributed by atoms with Crippen molar-refractivity contribution in [2.24, 2.45) is 0 Å². The Labute approximate surface area is 153 Å². The summed E-state index contributed by atoms with van der Waals surface area (Å²) < 4.78 is 6.10. The Balaban J connectivity index is 1.85. The first kappa shape index (κ1) is 17.9. The molecule has 0 N–H and O–H groups in total. The lowest BCUT2D eigenvalue weighted by molar-refractivity contribution is -0.304. The molecule has 5 nitrogen and oxygen atoms in total. The quantitative estimate of drug-likeness (QED) is 0.775. The standard InChI is InChI=1S/C21H22N2O3/c1-20(2)13-21(3,4)26-17-8-7-14(9-16(17)20)5-6-15-11-22-18(23-12-15)10-19(24)25/h7-9,11-12H,10,13H2,1-4H3,(H,24,25)/p-1. The van der Waals surface area contributed by atoms with Crippen molar-refractivity contribution in [1.29, 1.82) is 0 Å². The largest absolute Gasteiger partial charge is 0.550 e. The molecule has 3 rings (SSSR count). The zero-order valence-corrected chi connectivity index (χ0v) is 15.4. The smallest absolute Gasteiger partial charge is 0.133 e. The van der Waals surface area contributed by atoms with E-state index < -0.39 is 5.97 Å². The van der Waals surface area contributed by atoms with E-state index in [2.05, 4.69) is 55.6 Å². The lowest BCUT2D eigenvalue weighted by atomic mass is 9.73. The Bertz CT molecular complexity index is 903. The Morgan fingerprint density at radius 1 is 1.15 bits per heavy atom. The number of hydrogen-bond acceptors (Lipinski definition) is 5. The molecular weight excluding hydrogens is 328 g/mol. The van der Waals surface area contributed by atoms with Gasteiger partial charge in [0.1, 0.15) is 17.2 Å². The van der Waals surface area contributed by atoms with E-state index >= 15 is 0 Å². The predicted molar refractivity (Wildman–Crippen MR) is 95.5 cm³/mol. The van der Waals surface area contributed by atoms with E-state index in [1.165, 1.54) is 12.4 Å². The molecule has 0 bridgehead atoms. The van der Waals surface area contributed by atoms with Gasteiger partial charge in [-0.1, -0.05) is 25.7 Å². The van der Waals surface area contributed by atoms with Gasteiger partial charge in [-0.25, -0.2) is 9.97 Å². The second-order valence-corrected chi connectivity index (χ2v) is 7.82. The maximum Gasteiger partial charge on any atom is 0.133 e. The predicted octanol–water partition coefficient (Wildman–Crippen LogP) is 2.01. The number of benzene rings is 1. The minimum Gasteiger partial charge on any atom is -0.550 e. The summed E-state index contributed by atoms with van der Waals surface area (Å²) in [5, 5.41) is 10.5. The second kappa shape index (κ2) is 6.45. The van der Waals surface area contributed by atoms with Crippen LogP contribution in [-0.2, 0) is 16.6 Å². The van der Waals surface area contributed by atoms with E-state index in [0.717, 1.165) is 23.3 Å². The number of carboxylic acid groups (broad SMARTS) is 1. The molecule has 1 aliphatic rings. The van der Waals surface area contributed by atoms with E-state index in [-0.39, 0.29) is 23.3 Å². The maximum absolute atomic E-state index is 10.5. The number of hydrogen-bond donors (Lipinski definition) is 0. The number of fused-ring (bicyclic) bond motifs is 1. The number of ether oxygens (including phenoxy) is 1. The Morgan fingerprint density at radius 2 is 1.81 bits per heavy atom. The molecule has 26 heavy (non-hydrogen) atoms. The zero-order valence-electron chi connectivity index (χ0n) is 15.4. The molecule has 2 heterocycles. The molecule has 1 aliphatic heterocycles.